The minimum atomic E-state index is -0.708. The number of hydrogen-bond donors (Lipinski definition) is 0. The SMILES string of the molecule is Cc1ccc(-n2nc(C(=O)N3CCCC3)c(=O)n(Cc3ccccc3Cl)c2=O)cc1. The fraction of sp³-hybridized carbons (Fsp3) is 0.273. The topological polar surface area (TPSA) is 77.2 Å². The number of rotatable bonds is 4. The predicted molar refractivity (Wildman–Crippen MR) is 115 cm³/mol. The molecule has 1 aliphatic heterocycles. The number of carbonyl (C=O) groups excluding carboxylic acids is 1. The second-order valence-corrected chi connectivity index (χ2v) is 7.77. The first-order valence-corrected chi connectivity index (χ1v) is 10.2. The fourth-order valence-corrected chi connectivity index (χ4v) is 3.70. The lowest BCUT2D eigenvalue weighted by Gasteiger charge is -2.17. The van der Waals surface area contributed by atoms with E-state index in [4.69, 9.17) is 11.6 Å². The Bertz CT molecular complexity index is 1210. The van der Waals surface area contributed by atoms with E-state index < -0.39 is 17.2 Å². The van der Waals surface area contributed by atoms with Crippen molar-refractivity contribution in [3.8, 4) is 5.69 Å². The molecule has 8 heteroatoms. The van der Waals surface area contributed by atoms with Crippen LogP contribution in [-0.4, -0.2) is 38.2 Å². The molecule has 1 aliphatic rings. The van der Waals surface area contributed by atoms with Crippen molar-refractivity contribution in [3.05, 3.63) is 91.2 Å². The molecule has 4 rings (SSSR count). The van der Waals surface area contributed by atoms with Crippen LogP contribution in [0.4, 0.5) is 0 Å². The lowest BCUT2D eigenvalue weighted by Crippen LogP contribution is -2.46. The second kappa shape index (κ2) is 8.28. The van der Waals surface area contributed by atoms with E-state index in [1.54, 1.807) is 41.3 Å². The summed E-state index contributed by atoms with van der Waals surface area (Å²) >= 11 is 6.24. The summed E-state index contributed by atoms with van der Waals surface area (Å²) in [4.78, 5) is 40.9. The second-order valence-electron chi connectivity index (χ2n) is 7.36. The zero-order chi connectivity index (χ0) is 21.3. The van der Waals surface area contributed by atoms with E-state index in [1.165, 1.54) is 0 Å². The van der Waals surface area contributed by atoms with Crippen LogP contribution in [0.3, 0.4) is 0 Å². The van der Waals surface area contributed by atoms with Gasteiger partial charge in [0.1, 0.15) is 0 Å². The lowest BCUT2D eigenvalue weighted by atomic mass is 10.2. The molecule has 0 atom stereocenters. The molecule has 1 amide bonds. The number of benzene rings is 2. The van der Waals surface area contributed by atoms with Crippen molar-refractivity contribution in [2.75, 3.05) is 13.1 Å². The van der Waals surface area contributed by atoms with Gasteiger partial charge in [-0.1, -0.05) is 47.5 Å². The third-order valence-electron chi connectivity index (χ3n) is 5.22. The van der Waals surface area contributed by atoms with Gasteiger partial charge in [0, 0.05) is 18.1 Å². The Morgan fingerprint density at radius 1 is 1.03 bits per heavy atom. The van der Waals surface area contributed by atoms with Crippen molar-refractivity contribution >= 4 is 17.5 Å². The molecule has 0 N–H and O–H groups in total. The standard InChI is InChI=1S/C22H21ClN4O3/c1-15-8-10-17(11-9-15)27-22(30)26(14-16-6-2-3-7-18(16)23)21(29)19(24-27)20(28)25-12-4-5-13-25/h2-3,6-11H,4-5,12-14H2,1H3. The van der Waals surface area contributed by atoms with Gasteiger partial charge in [0.2, 0.25) is 5.69 Å². The Hall–Kier alpha value is -3.19. The minimum Gasteiger partial charge on any atom is -0.337 e. The van der Waals surface area contributed by atoms with Crippen LogP contribution in [0.1, 0.15) is 34.5 Å². The zero-order valence-corrected chi connectivity index (χ0v) is 17.3. The lowest BCUT2D eigenvalue weighted by molar-refractivity contribution is 0.0781. The van der Waals surface area contributed by atoms with Crippen molar-refractivity contribution in [2.45, 2.75) is 26.3 Å². The van der Waals surface area contributed by atoms with E-state index in [2.05, 4.69) is 5.10 Å². The first-order valence-electron chi connectivity index (χ1n) is 9.79. The Balaban J connectivity index is 1.90. The summed E-state index contributed by atoms with van der Waals surface area (Å²) in [5.41, 5.74) is 0.518. The third-order valence-corrected chi connectivity index (χ3v) is 5.59. The molecule has 1 saturated heterocycles. The van der Waals surface area contributed by atoms with Crippen LogP contribution >= 0.6 is 11.6 Å². The van der Waals surface area contributed by atoms with Gasteiger partial charge in [-0.15, -0.1) is 0 Å². The van der Waals surface area contributed by atoms with Crippen LogP contribution in [-0.2, 0) is 6.54 Å². The number of aromatic nitrogens is 3. The molecule has 0 aliphatic carbocycles. The first-order chi connectivity index (χ1) is 14.5. The predicted octanol–water partition coefficient (Wildman–Crippen LogP) is 2.64. The van der Waals surface area contributed by atoms with Gasteiger partial charge in [-0.25, -0.2) is 4.79 Å². The number of nitrogens with zero attached hydrogens (tertiary/aromatic N) is 4. The molecule has 0 radical (unpaired) electrons. The van der Waals surface area contributed by atoms with Crippen molar-refractivity contribution in [1.29, 1.82) is 0 Å². The maximum absolute atomic E-state index is 13.2. The van der Waals surface area contributed by atoms with Crippen LogP contribution in [0.5, 0.6) is 0 Å². The number of aryl methyl sites for hydroxylation is 1. The number of carbonyl (C=O) groups is 1. The smallest absolute Gasteiger partial charge is 0.337 e. The Morgan fingerprint density at radius 2 is 1.70 bits per heavy atom. The maximum Gasteiger partial charge on any atom is 0.352 e. The zero-order valence-electron chi connectivity index (χ0n) is 16.5. The Kier molecular flexibility index (Phi) is 5.55. The fourth-order valence-electron chi connectivity index (χ4n) is 3.51. The van der Waals surface area contributed by atoms with Gasteiger partial charge in [0.15, 0.2) is 0 Å². The summed E-state index contributed by atoms with van der Waals surface area (Å²) in [6.45, 7) is 3.04. The molecule has 154 valence electrons. The number of amides is 1. The summed E-state index contributed by atoms with van der Waals surface area (Å²) in [6, 6.07) is 14.1. The summed E-state index contributed by atoms with van der Waals surface area (Å²) in [7, 11) is 0. The van der Waals surface area contributed by atoms with E-state index in [1.807, 2.05) is 19.1 Å². The first kappa shape index (κ1) is 20.1. The molecule has 1 fully saturated rings. The average Bonchev–Trinajstić information content (AvgIpc) is 3.28. The van der Waals surface area contributed by atoms with E-state index in [0.717, 1.165) is 27.7 Å². The molecular weight excluding hydrogens is 404 g/mol. The summed E-state index contributed by atoms with van der Waals surface area (Å²) in [5.74, 6) is -0.453. The van der Waals surface area contributed by atoms with Gasteiger partial charge in [-0.2, -0.15) is 9.78 Å². The van der Waals surface area contributed by atoms with Crippen molar-refractivity contribution in [2.24, 2.45) is 0 Å². The molecule has 3 aromatic rings. The van der Waals surface area contributed by atoms with Crippen LogP contribution in [0.2, 0.25) is 5.02 Å². The maximum atomic E-state index is 13.2. The number of hydrogen-bond acceptors (Lipinski definition) is 4. The monoisotopic (exact) mass is 424 g/mol. The third kappa shape index (κ3) is 3.80. The molecule has 2 heterocycles. The van der Waals surface area contributed by atoms with E-state index in [0.29, 0.717) is 29.4 Å². The molecule has 1 aromatic heterocycles. The van der Waals surface area contributed by atoms with Crippen LogP contribution in [0, 0.1) is 6.92 Å². The molecule has 30 heavy (non-hydrogen) atoms. The minimum absolute atomic E-state index is 0.0496. The highest BCUT2D eigenvalue weighted by Crippen LogP contribution is 2.16. The number of likely N-dealkylation sites (tertiary alicyclic amines) is 1. The highest BCUT2D eigenvalue weighted by Gasteiger charge is 2.26. The molecule has 0 bridgehead atoms. The van der Waals surface area contributed by atoms with E-state index in [9.17, 15) is 14.4 Å². The molecule has 0 unspecified atom stereocenters. The van der Waals surface area contributed by atoms with Gasteiger partial charge in [0.05, 0.1) is 12.2 Å². The highest BCUT2D eigenvalue weighted by molar-refractivity contribution is 6.31. The van der Waals surface area contributed by atoms with Crippen LogP contribution in [0.15, 0.2) is 58.1 Å². The van der Waals surface area contributed by atoms with Gasteiger partial charge < -0.3 is 4.90 Å². The Labute approximate surface area is 178 Å². The Morgan fingerprint density at radius 3 is 2.37 bits per heavy atom. The summed E-state index contributed by atoms with van der Waals surface area (Å²) in [5, 5.41) is 4.63. The summed E-state index contributed by atoms with van der Waals surface area (Å²) < 4.78 is 2.14. The van der Waals surface area contributed by atoms with E-state index >= 15 is 0 Å². The summed E-state index contributed by atoms with van der Waals surface area (Å²) in [6.07, 6.45) is 1.77. The molecular formula is C22H21ClN4O3. The molecule has 7 nitrogen and oxygen atoms in total. The average molecular weight is 425 g/mol. The normalized spacial score (nSPS) is 13.6. The van der Waals surface area contributed by atoms with Crippen molar-refractivity contribution in [1.82, 2.24) is 19.2 Å². The van der Waals surface area contributed by atoms with Crippen LogP contribution in [0.25, 0.3) is 5.69 Å². The van der Waals surface area contributed by atoms with Crippen LogP contribution < -0.4 is 11.2 Å². The van der Waals surface area contributed by atoms with Crippen molar-refractivity contribution < 1.29 is 4.79 Å². The van der Waals surface area contributed by atoms with E-state index in [-0.39, 0.29) is 12.2 Å². The van der Waals surface area contributed by atoms with Gasteiger partial charge in [0.25, 0.3) is 11.5 Å². The largest absolute Gasteiger partial charge is 0.352 e. The molecule has 2 aromatic carbocycles. The van der Waals surface area contributed by atoms with Crippen molar-refractivity contribution in [3.63, 3.8) is 0 Å². The highest BCUT2D eigenvalue weighted by atomic mass is 35.5. The quantitative estimate of drug-likeness (QED) is 0.645. The van der Waals surface area contributed by atoms with Gasteiger partial charge in [-0.05, 0) is 43.5 Å². The molecule has 0 saturated carbocycles. The van der Waals surface area contributed by atoms with Gasteiger partial charge in [-0.3, -0.25) is 14.2 Å². The number of halogens is 1. The molecule has 0 spiro atoms. The van der Waals surface area contributed by atoms with Gasteiger partial charge >= 0.3 is 5.69 Å².